The average molecular weight is 279 g/mol. The number of anilines is 1. The van der Waals surface area contributed by atoms with Crippen molar-refractivity contribution in [2.45, 2.75) is 38.0 Å². The molecule has 1 saturated carbocycles. The maximum atomic E-state index is 13.3. The van der Waals surface area contributed by atoms with E-state index in [2.05, 4.69) is 10.2 Å². The van der Waals surface area contributed by atoms with Crippen LogP contribution in [-0.2, 0) is 0 Å². The zero-order chi connectivity index (χ0) is 14.1. The van der Waals surface area contributed by atoms with Gasteiger partial charge in [0.2, 0.25) is 11.8 Å². The topological polar surface area (TPSA) is 64.9 Å². The van der Waals surface area contributed by atoms with Gasteiger partial charge in [0.25, 0.3) is 0 Å². The molecule has 3 rings (SSSR count). The summed E-state index contributed by atoms with van der Waals surface area (Å²) in [5.74, 6) is -1.01. The number of halogens is 2. The molecule has 2 aromatic rings. The third-order valence-electron chi connectivity index (χ3n) is 3.72. The summed E-state index contributed by atoms with van der Waals surface area (Å²) >= 11 is 0. The fourth-order valence-electron chi connectivity index (χ4n) is 2.61. The molecule has 1 aliphatic carbocycles. The Labute approximate surface area is 115 Å². The molecule has 1 fully saturated rings. The Hall–Kier alpha value is -1.98. The zero-order valence-corrected chi connectivity index (χ0v) is 10.9. The van der Waals surface area contributed by atoms with Crippen molar-refractivity contribution < 1.29 is 13.2 Å². The summed E-state index contributed by atoms with van der Waals surface area (Å²) in [6, 6.07) is 1.91. The minimum atomic E-state index is -0.988. The summed E-state index contributed by atoms with van der Waals surface area (Å²) in [4.78, 5) is 0. The second-order valence-corrected chi connectivity index (χ2v) is 5.13. The van der Waals surface area contributed by atoms with Gasteiger partial charge >= 0.3 is 0 Å². The monoisotopic (exact) mass is 279 g/mol. The summed E-state index contributed by atoms with van der Waals surface area (Å²) in [6.07, 6.45) is 5.57. The lowest BCUT2D eigenvalue weighted by atomic mass is 9.89. The molecule has 6 heteroatoms. The van der Waals surface area contributed by atoms with E-state index in [4.69, 9.17) is 10.2 Å². The Balaban J connectivity index is 1.91. The third kappa shape index (κ3) is 2.37. The number of nitrogens with zero attached hydrogens (tertiary/aromatic N) is 2. The molecule has 0 bridgehead atoms. The Morgan fingerprint density at radius 3 is 2.50 bits per heavy atom. The molecule has 4 nitrogen and oxygen atoms in total. The van der Waals surface area contributed by atoms with Crippen LogP contribution in [0, 0.1) is 11.6 Å². The molecule has 0 spiro atoms. The predicted octanol–water partition coefficient (Wildman–Crippen LogP) is 3.64. The summed E-state index contributed by atoms with van der Waals surface area (Å²) in [5, 5.41) is 7.93. The van der Waals surface area contributed by atoms with E-state index in [1.807, 2.05) is 0 Å². The Morgan fingerprint density at radius 1 is 1.05 bits per heavy atom. The first-order valence-electron chi connectivity index (χ1n) is 6.73. The number of rotatable bonds is 2. The van der Waals surface area contributed by atoms with Gasteiger partial charge in [-0.3, -0.25) is 0 Å². The van der Waals surface area contributed by atoms with Gasteiger partial charge in [0.1, 0.15) is 0 Å². The van der Waals surface area contributed by atoms with Gasteiger partial charge in [0.05, 0.1) is 5.56 Å². The van der Waals surface area contributed by atoms with Crippen LogP contribution >= 0.6 is 0 Å². The van der Waals surface area contributed by atoms with E-state index in [0.29, 0.717) is 5.89 Å². The lowest BCUT2D eigenvalue weighted by molar-refractivity contribution is 0.367. The second-order valence-electron chi connectivity index (χ2n) is 5.13. The highest BCUT2D eigenvalue weighted by atomic mass is 19.2. The van der Waals surface area contributed by atoms with Crippen LogP contribution in [0.3, 0.4) is 0 Å². The van der Waals surface area contributed by atoms with Crippen LogP contribution in [0.5, 0.6) is 0 Å². The van der Waals surface area contributed by atoms with Crippen LogP contribution < -0.4 is 5.73 Å². The van der Waals surface area contributed by atoms with Crippen molar-refractivity contribution in [3.05, 3.63) is 29.7 Å². The van der Waals surface area contributed by atoms with E-state index in [1.54, 1.807) is 0 Å². The average Bonchev–Trinajstić information content (AvgIpc) is 2.93. The highest BCUT2D eigenvalue weighted by molar-refractivity contribution is 5.70. The van der Waals surface area contributed by atoms with Gasteiger partial charge in [0.15, 0.2) is 11.6 Å². The zero-order valence-electron chi connectivity index (χ0n) is 10.9. The standard InChI is InChI=1S/C14H15F2N3O/c15-10-6-9(12(17)7-11(10)16)14-19-18-13(20-14)8-4-2-1-3-5-8/h6-8H,1-5,17H2. The Morgan fingerprint density at radius 2 is 1.75 bits per heavy atom. The van der Waals surface area contributed by atoms with Crippen molar-refractivity contribution in [1.82, 2.24) is 10.2 Å². The molecule has 1 heterocycles. The molecule has 0 unspecified atom stereocenters. The maximum absolute atomic E-state index is 13.3. The third-order valence-corrected chi connectivity index (χ3v) is 3.72. The first kappa shape index (κ1) is 13.0. The van der Waals surface area contributed by atoms with Crippen LogP contribution in [0.25, 0.3) is 11.5 Å². The van der Waals surface area contributed by atoms with Crippen molar-refractivity contribution in [3.8, 4) is 11.5 Å². The number of aromatic nitrogens is 2. The summed E-state index contributed by atoms with van der Waals surface area (Å²) in [5.41, 5.74) is 6.00. The fraction of sp³-hybridized carbons (Fsp3) is 0.429. The summed E-state index contributed by atoms with van der Waals surface area (Å²) in [6.45, 7) is 0. The normalized spacial score (nSPS) is 16.5. The molecule has 20 heavy (non-hydrogen) atoms. The van der Waals surface area contributed by atoms with Gasteiger partial charge in [-0.2, -0.15) is 0 Å². The minimum absolute atomic E-state index is 0.0859. The molecule has 0 aliphatic heterocycles. The SMILES string of the molecule is Nc1cc(F)c(F)cc1-c1nnc(C2CCCCC2)o1. The molecule has 0 atom stereocenters. The van der Waals surface area contributed by atoms with Gasteiger partial charge in [-0.15, -0.1) is 10.2 Å². The fourth-order valence-corrected chi connectivity index (χ4v) is 2.61. The number of nitrogens with two attached hydrogens (primary N) is 1. The quantitative estimate of drug-likeness (QED) is 0.852. The lowest BCUT2D eigenvalue weighted by Gasteiger charge is -2.17. The number of benzene rings is 1. The highest BCUT2D eigenvalue weighted by Gasteiger charge is 2.22. The number of nitrogen functional groups attached to an aromatic ring is 1. The molecule has 0 saturated heterocycles. The molecule has 1 aliphatic rings. The van der Waals surface area contributed by atoms with Crippen molar-refractivity contribution in [2.24, 2.45) is 0 Å². The van der Waals surface area contributed by atoms with Gasteiger partial charge in [-0.25, -0.2) is 8.78 Å². The first-order chi connectivity index (χ1) is 9.65. The van der Waals surface area contributed by atoms with E-state index >= 15 is 0 Å². The van der Waals surface area contributed by atoms with Crippen LogP contribution in [-0.4, -0.2) is 10.2 Å². The molecule has 106 valence electrons. The van der Waals surface area contributed by atoms with Crippen LogP contribution in [0.4, 0.5) is 14.5 Å². The van der Waals surface area contributed by atoms with Gasteiger partial charge < -0.3 is 10.2 Å². The van der Waals surface area contributed by atoms with E-state index in [1.165, 1.54) is 6.42 Å². The van der Waals surface area contributed by atoms with Crippen molar-refractivity contribution in [3.63, 3.8) is 0 Å². The van der Waals surface area contributed by atoms with Gasteiger partial charge in [-0.1, -0.05) is 19.3 Å². The number of hydrogen-bond acceptors (Lipinski definition) is 4. The molecule has 1 aromatic carbocycles. The Bertz CT molecular complexity index is 621. The van der Waals surface area contributed by atoms with Crippen molar-refractivity contribution in [1.29, 1.82) is 0 Å². The largest absolute Gasteiger partial charge is 0.420 e. The van der Waals surface area contributed by atoms with Gasteiger partial charge in [0, 0.05) is 17.7 Å². The highest BCUT2D eigenvalue weighted by Crippen LogP contribution is 2.34. The Kier molecular flexibility index (Phi) is 3.38. The van der Waals surface area contributed by atoms with E-state index in [0.717, 1.165) is 37.8 Å². The number of hydrogen-bond donors (Lipinski definition) is 1. The van der Waals surface area contributed by atoms with Crippen molar-refractivity contribution >= 4 is 5.69 Å². The molecule has 1 aromatic heterocycles. The van der Waals surface area contributed by atoms with Gasteiger partial charge in [-0.05, 0) is 18.9 Å². The molecular formula is C14H15F2N3O. The molecule has 0 radical (unpaired) electrons. The molecular weight excluding hydrogens is 264 g/mol. The molecule has 0 amide bonds. The second kappa shape index (κ2) is 5.19. The van der Waals surface area contributed by atoms with Crippen LogP contribution in [0.15, 0.2) is 16.5 Å². The van der Waals surface area contributed by atoms with Crippen molar-refractivity contribution in [2.75, 3.05) is 5.73 Å². The molecule has 2 N–H and O–H groups in total. The minimum Gasteiger partial charge on any atom is -0.420 e. The van der Waals surface area contributed by atoms with E-state index in [-0.39, 0.29) is 23.1 Å². The summed E-state index contributed by atoms with van der Waals surface area (Å²) in [7, 11) is 0. The van der Waals surface area contributed by atoms with E-state index < -0.39 is 11.6 Å². The smallest absolute Gasteiger partial charge is 0.249 e. The lowest BCUT2D eigenvalue weighted by Crippen LogP contribution is -2.04. The van der Waals surface area contributed by atoms with Crippen LogP contribution in [0.1, 0.15) is 43.9 Å². The van der Waals surface area contributed by atoms with E-state index in [9.17, 15) is 8.78 Å². The predicted molar refractivity (Wildman–Crippen MR) is 69.9 cm³/mol. The maximum Gasteiger partial charge on any atom is 0.249 e. The van der Waals surface area contributed by atoms with Crippen LogP contribution in [0.2, 0.25) is 0 Å². The summed E-state index contributed by atoms with van der Waals surface area (Å²) < 4.78 is 31.9. The first-order valence-corrected chi connectivity index (χ1v) is 6.73.